The number of carbonyl (C=O) groups is 1. The average molecular weight is 379 g/mol. The Labute approximate surface area is 157 Å². The van der Waals surface area contributed by atoms with Crippen molar-refractivity contribution in [2.75, 3.05) is 12.3 Å². The summed E-state index contributed by atoms with van der Waals surface area (Å²) in [5.74, 6) is -0.761. The highest BCUT2D eigenvalue weighted by Crippen LogP contribution is 2.15. The number of nitrogens with zero attached hydrogens (tertiary/aromatic N) is 4. The zero-order valence-electron chi connectivity index (χ0n) is 15.4. The first-order valence-corrected chi connectivity index (χ1v) is 9.34. The Kier molecular flexibility index (Phi) is 6.84. The van der Waals surface area contributed by atoms with Crippen molar-refractivity contribution < 1.29 is 9.53 Å². The summed E-state index contributed by atoms with van der Waals surface area (Å²) in [6.07, 6.45) is 3.57. The van der Waals surface area contributed by atoms with Crippen molar-refractivity contribution >= 4 is 35.2 Å². The molecular formula is C17H25N5O3S. The van der Waals surface area contributed by atoms with Gasteiger partial charge in [-0.1, -0.05) is 26.7 Å². The normalized spacial score (nSPS) is 11.0. The Balaban J connectivity index is 2.78. The maximum atomic E-state index is 12.9. The second-order valence-electron chi connectivity index (χ2n) is 5.95. The van der Waals surface area contributed by atoms with Gasteiger partial charge in [-0.05, 0) is 32.0 Å². The maximum absolute atomic E-state index is 12.9. The first-order chi connectivity index (χ1) is 12.5. The molecule has 0 aliphatic rings. The van der Waals surface area contributed by atoms with Crippen LogP contribution in [0.25, 0.3) is 11.2 Å². The lowest BCUT2D eigenvalue weighted by Gasteiger charge is -2.15. The molecule has 0 spiro atoms. The van der Waals surface area contributed by atoms with Gasteiger partial charge in [-0.25, -0.2) is 14.8 Å². The number of carbonyl (C=O) groups excluding carboxylic acids is 1. The van der Waals surface area contributed by atoms with Crippen LogP contribution in [0.5, 0.6) is 0 Å². The van der Waals surface area contributed by atoms with Gasteiger partial charge in [0, 0.05) is 13.1 Å². The molecule has 2 rings (SSSR count). The molecule has 9 heteroatoms. The quantitative estimate of drug-likeness (QED) is 0.555. The van der Waals surface area contributed by atoms with Gasteiger partial charge >= 0.3 is 5.97 Å². The number of hydrogen-bond acceptors (Lipinski definition) is 7. The van der Waals surface area contributed by atoms with E-state index < -0.39 is 5.97 Å². The van der Waals surface area contributed by atoms with Gasteiger partial charge in [-0.3, -0.25) is 9.36 Å². The van der Waals surface area contributed by atoms with Gasteiger partial charge in [0.2, 0.25) is 0 Å². The number of aromatic nitrogens is 4. The monoisotopic (exact) mass is 379 g/mol. The molecule has 8 nitrogen and oxygen atoms in total. The number of fused-ring (bicyclic) bond motifs is 1. The molecule has 0 saturated carbocycles. The standard InChI is InChI=1S/C17H25N5O3S/c1-4-7-9-21-14-12(15(23)22(17(21)26)10-8-5-2)19-11(13(18)20-14)16(24)25-6-3/h4-10H2,1-3H3,(H2,18,20). The summed E-state index contributed by atoms with van der Waals surface area (Å²) in [4.78, 5) is 33.5. The van der Waals surface area contributed by atoms with Crippen LogP contribution in [-0.4, -0.2) is 31.7 Å². The van der Waals surface area contributed by atoms with E-state index in [9.17, 15) is 9.59 Å². The Bertz CT molecular complexity index is 919. The minimum atomic E-state index is -0.693. The number of nitrogens with two attached hydrogens (primary N) is 1. The van der Waals surface area contributed by atoms with Crippen LogP contribution in [0, 0.1) is 4.77 Å². The fourth-order valence-corrected chi connectivity index (χ4v) is 2.95. The summed E-state index contributed by atoms with van der Waals surface area (Å²) in [5, 5.41) is 0. The fourth-order valence-electron chi connectivity index (χ4n) is 2.60. The molecule has 0 bridgehead atoms. The van der Waals surface area contributed by atoms with Crippen LogP contribution in [0.15, 0.2) is 4.79 Å². The van der Waals surface area contributed by atoms with Crippen molar-refractivity contribution in [3.8, 4) is 0 Å². The predicted octanol–water partition coefficient (Wildman–Crippen LogP) is 2.68. The van der Waals surface area contributed by atoms with Crippen molar-refractivity contribution in [1.82, 2.24) is 19.1 Å². The van der Waals surface area contributed by atoms with Gasteiger partial charge in [0.05, 0.1) is 6.61 Å². The molecule has 2 heterocycles. The number of aryl methyl sites for hydroxylation is 1. The summed E-state index contributed by atoms with van der Waals surface area (Å²) in [7, 11) is 0. The lowest BCUT2D eigenvalue weighted by atomic mass is 10.3. The molecule has 0 unspecified atom stereocenters. The highest BCUT2D eigenvalue weighted by atomic mass is 32.1. The van der Waals surface area contributed by atoms with Crippen LogP contribution in [0.4, 0.5) is 5.82 Å². The molecule has 0 aromatic carbocycles. The van der Waals surface area contributed by atoms with Crippen molar-refractivity contribution in [2.24, 2.45) is 0 Å². The number of unbranched alkanes of at least 4 members (excludes halogenated alkanes) is 2. The van der Waals surface area contributed by atoms with E-state index in [0.29, 0.717) is 23.5 Å². The molecule has 26 heavy (non-hydrogen) atoms. The number of nitrogen functional groups attached to an aromatic ring is 1. The highest BCUT2D eigenvalue weighted by molar-refractivity contribution is 7.71. The minimum Gasteiger partial charge on any atom is -0.461 e. The van der Waals surface area contributed by atoms with E-state index in [1.54, 1.807) is 11.5 Å². The second-order valence-corrected chi connectivity index (χ2v) is 6.31. The molecule has 2 aromatic rings. The van der Waals surface area contributed by atoms with Gasteiger partial charge < -0.3 is 15.0 Å². The van der Waals surface area contributed by atoms with Gasteiger partial charge in [-0.2, -0.15) is 0 Å². The van der Waals surface area contributed by atoms with Crippen LogP contribution in [0.1, 0.15) is 56.9 Å². The third-order valence-electron chi connectivity index (χ3n) is 4.01. The molecule has 142 valence electrons. The van der Waals surface area contributed by atoms with Crippen molar-refractivity contribution in [1.29, 1.82) is 0 Å². The predicted molar refractivity (Wildman–Crippen MR) is 103 cm³/mol. The third-order valence-corrected chi connectivity index (χ3v) is 4.45. The molecule has 0 radical (unpaired) electrons. The molecule has 0 atom stereocenters. The molecule has 0 aliphatic carbocycles. The van der Waals surface area contributed by atoms with Crippen LogP contribution < -0.4 is 11.3 Å². The Morgan fingerprint density at radius 3 is 2.31 bits per heavy atom. The SMILES string of the molecule is CCCCn1c(=O)c2nc(C(=O)OCC)c(N)nc2n(CCCC)c1=S. The largest absolute Gasteiger partial charge is 0.461 e. The van der Waals surface area contributed by atoms with Crippen LogP contribution >= 0.6 is 12.2 Å². The number of hydrogen-bond donors (Lipinski definition) is 1. The number of anilines is 1. The summed E-state index contributed by atoms with van der Waals surface area (Å²) < 4.78 is 8.66. The van der Waals surface area contributed by atoms with Gasteiger partial charge in [0.15, 0.2) is 27.4 Å². The van der Waals surface area contributed by atoms with E-state index in [4.69, 9.17) is 22.7 Å². The van der Waals surface area contributed by atoms with E-state index in [0.717, 1.165) is 25.7 Å². The maximum Gasteiger partial charge on any atom is 0.360 e. The van der Waals surface area contributed by atoms with E-state index in [1.165, 1.54) is 4.57 Å². The zero-order valence-corrected chi connectivity index (χ0v) is 16.3. The van der Waals surface area contributed by atoms with E-state index in [2.05, 4.69) is 16.9 Å². The summed E-state index contributed by atoms with van der Waals surface area (Å²) in [6, 6.07) is 0. The highest BCUT2D eigenvalue weighted by Gasteiger charge is 2.20. The average Bonchev–Trinajstić information content (AvgIpc) is 2.61. The Hall–Kier alpha value is -2.29. The van der Waals surface area contributed by atoms with Gasteiger partial charge in [0.1, 0.15) is 0 Å². The number of ether oxygens (including phenoxy) is 1. The van der Waals surface area contributed by atoms with Gasteiger partial charge in [0.25, 0.3) is 5.56 Å². The van der Waals surface area contributed by atoms with Crippen molar-refractivity contribution in [3.63, 3.8) is 0 Å². The molecular weight excluding hydrogens is 354 g/mol. The number of esters is 1. The summed E-state index contributed by atoms with van der Waals surface area (Å²) >= 11 is 5.53. The first kappa shape index (κ1) is 20.0. The first-order valence-electron chi connectivity index (χ1n) is 8.94. The smallest absolute Gasteiger partial charge is 0.360 e. The molecule has 0 saturated heterocycles. The lowest BCUT2D eigenvalue weighted by molar-refractivity contribution is 0.0521. The number of rotatable bonds is 8. The van der Waals surface area contributed by atoms with Crippen molar-refractivity contribution in [3.05, 3.63) is 20.8 Å². The molecule has 0 aliphatic heterocycles. The van der Waals surface area contributed by atoms with Gasteiger partial charge in [-0.15, -0.1) is 0 Å². The van der Waals surface area contributed by atoms with Crippen molar-refractivity contribution in [2.45, 2.75) is 59.5 Å². The summed E-state index contributed by atoms with van der Waals surface area (Å²) in [6.45, 7) is 7.07. The molecule has 2 aromatic heterocycles. The van der Waals surface area contributed by atoms with E-state index >= 15 is 0 Å². The van der Waals surface area contributed by atoms with E-state index in [1.807, 2.05) is 6.92 Å². The fraction of sp³-hybridized carbons (Fsp3) is 0.588. The molecule has 0 fully saturated rings. The molecule has 2 N–H and O–H groups in total. The third kappa shape index (κ3) is 3.92. The van der Waals surface area contributed by atoms with Crippen LogP contribution in [0.3, 0.4) is 0 Å². The lowest BCUT2D eigenvalue weighted by Crippen LogP contribution is -2.28. The van der Waals surface area contributed by atoms with Crippen LogP contribution in [0.2, 0.25) is 0 Å². The Morgan fingerprint density at radius 1 is 1.12 bits per heavy atom. The van der Waals surface area contributed by atoms with Crippen LogP contribution in [-0.2, 0) is 17.8 Å². The Morgan fingerprint density at radius 2 is 1.73 bits per heavy atom. The second kappa shape index (κ2) is 8.88. The topological polar surface area (TPSA) is 105 Å². The summed E-state index contributed by atoms with van der Waals surface area (Å²) in [5.41, 5.74) is 5.80. The zero-order chi connectivity index (χ0) is 19.3. The minimum absolute atomic E-state index is 0.0682. The molecule has 0 amide bonds. The van der Waals surface area contributed by atoms with E-state index in [-0.39, 0.29) is 29.2 Å².